The van der Waals surface area contributed by atoms with Crippen molar-refractivity contribution in [2.75, 3.05) is 18.4 Å². The summed E-state index contributed by atoms with van der Waals surface area (Å²) in [5.41, 5.74) is 0.0984. The molecule has 0 aromatic heterocycles. The van der Waals surface area contributed by atoms with Crippen molar-refractivity contribution in [3.8, 4) is 5.75 Å². The second-order valence-electron chi connectivity index (χ2n) is 6.40. The Bertz CT molecular complexity index is 1060. The van der Waals surface area contributed by atoms with Crippen LogP contribution in [0, 0.1) is 10.1 Å². The molecular weight excluding hydrogens is 422 g/mol. The quantitative estimate of drug-likeness (QED) is 0.322. The molecular formula is C21H23N3O6S. The van der Waals surface area contributed by atoms with Crippen molar-refractivity contribution in [1.82, 2.24) is 4.31 Å². The standard InChI is InChI=1S/C21H23N3O6S/c1-4-14-23(15-5-2)31(28,29)18-12-10-17(11-13-18)22-21(25)16(3)30-20-9-7-6-8-19(20)24(26)27/h4-13,16H,1-2,14-15H2,3H3,(H,22,25)/t16-/m1/s1. The lowest BCUT2D eigenvalue weighted by molar-refractivity contribution is -0.386. The van der Waals surface area contributed by atoms with E-state index < -0.39 is 27.0 Å². The van der Waals surface area contributed by atoms with Crippen molar-refractivity contribution in [1.29, 1.82) is 0 Å². The number of benzene rings is 2. The zero-order chi connectivity index (χ0) is 23.0. The normalized spacial score (nSPS) is 12.1. The van der Waals surface area contributed by atoms with Crippen molar-refractivity contribution >= 4 is 27.3 Å². The second-order valence-corrected chi connectivity index (χ2v) is 8.34. The molecule has 2 rings (SSSR count). The van der Waals surface area contributed by atoms with Gasteiger partial charge < -0.3 is 10.1 Å². The fraction of sp³-hybridized carbons (Fsp3) is 0.190. The van der Waals surface area contributed by atoms with Crippen molar-refractivity contribution < 1.29 is 22.9 Å². The molecule has 0 saturated carbocycles. The Morgan fingerprint density at radius 2 is 1.74 bits per heavy atom. The van der Waals surface area contributed by atoms with Crippen molar-refractivity contribution in [3.63, 3.8) is 0 Å². The van der Waals surface area contributed by atoms with Gasteiger partial charge in [0.2, 0.25) is 10.0 Å². The highest BCUT2D eigenvalue weighted by molar-refractivity contribution is 7.89. The Kier molecular flexibility index (Phi) is 8.06. The molecule has 9 nitrogen and oxygen atoms in total. The van der Waals surface area contributed by atoms with E-state index in [2.05, 4.69) is 18.5 Å². The maximum Gasteiger partial charge on any atom is 0.310 e. The number of nitrogens with zero attached hydrogens (tertiary/aromatic N) is 2. The first-order valence-corrected chi connectivity index (χ1v) is 10.7. The van der Waals surface area contributed by atoms with Gasteiger partial charge in [0, 0.05) is 24.8 Å². The second kappa shape index (κ2) is 10.5. The van der Waals surface area contributed by atoms with Crippen LogP contribution in [-0.4, -0.2) is 42.7 Å². The van der Waals surface area contributed by atoms with Gasteiger partial charge in [0.25, 0.3) is 5.91 Å². The summed E-state index contributed by atoms with van der Waals surface area (Å²) in [4.78, 5) is 22.9. The maximum atomic E-state index is 12.7. The Morgan fingerprint density at radius 1 is 1.16 bits per heavy atom. The van der Waals surface area contributed by atoms with Gasteiger partial charge in [-0.15, -0.1) is 13.2 Å². The fourth-order valence-corrected chi connectivity index (χ4v) is 4.00. The minimum absolute atomic E-state index is 0.0267. The molecule has 0 saturated heterocycles. The number of hydrogen-bond donors (Lipinski definition) is 1. The Hall–Kier alpha value is -3.50. The van der Waals surface area contributed by atoms with E-state index in [0.29, 0.717) is 5.69 Å². The molecule has 0 radical (unpaired) electrons. The third-order valence-corrected chi connectivity index (χ3v) is 6.01. The summed E-state index contributed by atoms with van der Waals surface area (Å²) < 4.78 is 32.1. The maximum absolute atomic E-state index is 12.7. The predicted molar refractivity (Wildman–Crippen MR) is 117 cm³/mol. The number of ether oxygens (including phenoxy) is 1. The molecule has 0 aliphatic carbocycles. The highest BCUT2D eigenvalue weighted by atomic mass is 32.2. The number of para-hydroxylation sites is 2. The van der Waals surface area contributed by atoms with Gasteiger partial charge in [0.15, 0.2) is 11.9 Å². The van der Waals surface area contributed by atoms with Gasteiger partial charge >= 0.3 is 5.69 Å². The monoisotopic (exact) mass is 445 g/mol. The van der Waals surface area contributed by atoms with Crippen LogP contribution in [0.3, 0.4) is 0 Å². The SMILES string of the molecule is C=CCN(CC=C)S(=O)(=O)c1ccc(NC(=O)[C@@H](C)Oc2ccccc2[N+](=O)[O-])cc1. The van der Waals surface area contributed by atoms with Crippen LogP contribution in [0.25, 0.3) is 0 Å². The van der Waals surface area contributed by atoms with E-state index >= 15 is 0 Å². The molecule has 2 aromatic carbocycles. The third-order valence-electron chi connectivity index (χ3n) is 4.16. The number of amides is 1. The molecule has 10 heteroatoms. The van der Waals surface area contributed by atoms with E-state index in [1.807, 2.05) is 0 Å². The van der Waals surface area contributed by atoms with Gasteiger partial charge in [0.1, 0.15) is 0 Å². The molecule has 2 aromatic rings. The molecule has 0 heterocycles. The average molecular weight is 445 g/mol. The number of sulfonamides is 1. The molecule has 0 aliphatic heterocycles. The summed E-state index contributed by atoms with van der Waals surface area (Å²) in [6.45, 7) is 8.84. The molecule has 0 bridgehead atoms. The molecule has 0 fully saturated rings. The van der Waals surface area contributed by atoms with Crippen LogP contribution in [0.2, 0.25) is 0 Å². The molecule has 31 heavy (non-hydrogen) atoms. The molecule has 164 valence electrons. The predicted octanol–water partition coefficient (Wildman–Crippen LogP) is 3.36. The third kappa shape index (κ3) is 6.00. The lowest BCUT2D eigenvalue weighted by Crippen LogP contribution is -2.31. The highest BCUT2D eigenvalue weighted by Gasteiger charge is 2.23. The number of carbonyl (C=O) groups excluding carboxylic acids is 1. The summed E-state index contributed by atoms with van der Waals surface area (Å²) in [6, 6.07) is 11.4. The van der Waals surface area contributed by atoms with E-state index in [1.54, 1.807) is 6.07 Å². The molecule has 0 aliphatic rings. The average Bonchev–Trinajstić information content (AvgIpc) is 2.74. The van der Waals surface area contributed by atoms with Crippen LogP contribution in [0.1, 0.15) is 6.92 Å². The Morgan fingerprint density at radius 3 is 2.29 bits per heavy atom. The topological polar surface area (TPSA) is 119 Å². The minimum Gasteiger partial charge on any atom is -0.474 e. The van der Waals surface area contributed by atoms with Crippen LogP contribution in [0.5, 0.6) is 5.75 Å². The van der Waals surface area contributed by atoms with E-state index in [9.17, 15) is 23.3 Å². The van der Waals surface area contributed by atoms with Gasteiger partial charge in [-0.25, -0.2) is 8.42 Å². The number of rotatable bonds is 11. The van der Waals surface area contributed by atoms with Crippen LogP contribution in [-0.2, 0) is 14.8 Å². The zero-order valence-electron chi connectivity index (χ0n) is 16.9. The largest absolute Gasteiger partial charge is 0.474 e. The smallest absolute Gasteiger partial charge is 0.310 e. The minimum atomic E-state index is -3.75. The first kappa shape index (κ1) is 23.8. The van der Waals surface area contributed by atoms with Crippen LogP contribution in [0.4, 0.5) is 11.4 Å². The Balaban J connectivity index is 2.10. The van der Waals surface area contributed by atoms with E-state index in [0.717, 1.165) is 0 Å². The van der Waals surface area contributed by atoms with Crippen LogP contribution >= 0.6 is 0 Å². The number of nitrogens with one attached hydrogen (secondary N) is 1. The first-order chi connectivity index (χ1) is 14.7. The van der Waals surface area contributed by atoms with Gasteiger partial charge in [-0.05, 0) is 37.3 Å². The number of nitro benzene ring substituents is 1. The van der Waals surface area contributed by atoms with E-state index in [-0.39, 0.29) is 29.4 Å². The van der Waals surface area contributed by atoms with Gasteiger partial charge in [-0.2, -0.15) is 4.31 Å². The molecule has 1 amide bonds. The molecule has 1 atom stereocenters. The molecule has 1 N–H and O–H groups in total. The number of nitro groups is 1. The lowest BCUT2D eigenvalue weighted by Gasteiger charge is -2.19. The lowest BCUT2D eigenvalue weighted by atomic mass is 10.2. The van der Waals surface area contributed by atoms with E-state index in [1.165, 1.54) is 65.8 Å². The van der Waals surface area contributed by atoms with Crippen LogP contribution < -0.4 is 10.1 Å². The van der Waals surface area contributed by atoms with Crippen molar-refractivity contribution in [2.24, 2.45) is 0 Å². The van der Waals surface area contributed by atoms with Crippen LogP contribution in [0.15, 0.2) is 78.7 Å². The molecule has 0 unspecified atom stereocenters. The number of anilines is 1. The summed E-state index contributed by atoms with van der Waals surface area (Å²) in [5.74, 6) is -0.574. The summed E-state index contributed by atoms with van der Waals surface area (Å²) in [7, 11) is -3.75. The highest BCUT2D eigenvalue weighted by Crippen LogP contribution is 2.27. The number of hydrogen-bond acceptors (Lipinski definition) is 6. The zero-order valence-corrected chi connectivity index (χ0v) is 17.7. The summed E-state index contributed by atoms with van der Waals surface area (Å²) in [5, 5.41) is 13.7. The van der Waals surface area contributed by atoms with Gasteiger partial charge in [0.05, 0.1) is 9.82 Å². The van der Waals surface area contributed by atoms with Crippen molar-refractivity contribution in [2.45, 2.75) is 17.9 Å². The van der Waals surface area contributed by atoms with Gasteiger partial charge in [-0.3, -0.25) is 14.9 Å². The fourth-order valence-electron chi connectivity index (χ4n) is 2.61. The van der Waals surface area contributed by atoms with Gasteiger partial charge in [-0.1, -0.05) is 24.3 Å². The molecule has 0 spiro atoms. The first-order valence-electron chi connectivity index (χ1n) is 9.23. The van der Waals surface area contributed by atoms with E-state index in [4.69, 9.17) is 4.74 Å². The summed E-state index contributed by atoms with van der Waals surface area (Å²) in [6.07, 6.45) is 1.93. The number of carbonyl (C=O) groups is 1. The van der Waals surface area contributed by atoms with Crippen molar-refractivity contribution in [3.05, 3.63) is 84.0 Å². The summed E-state index contributed by atoms with van der Waals surface area (Å²) >= 11 is 0. The Labute approximate surface area is 180 Å².